The molecule has 0 unspecified atom stereocenters. The van der Waals surface area contributed by atoms with Gasteiger partial charge in [-0.2, -0.15) is 0 Å². The molecule has 0 aromatic heterocycles. The molecule has 0 heterocycles. The molecule has 0 atom stereocenters. The largest absolute Gasteiger partial charge is 0.496 e. The van der Waals surface area contributed by atoms with E-state index in [9.17, 15) is 9.18 Å². The van der Waals surface area contributed by atoms with Crippen LogP contribution in [0, 0.1) is 5.82 Å². The summed E-state index contributed by atoms with van der Waals surface area (Å²) in [5, 5.41) is 2.72. The van der Waals surface area contributed by atoms with E-state index in [-0.39, 0.29) is 18.3 Å². The van der Waals surface area contributed by atoms with Gasteiger partial charge in [-0.1, -0.05) is 15.9 Å². The number of amides is 1. The van der Waals surface area contributed by atoms with Crippen molar-refractivity contribution in [2.45, 2.75) is 6.54 Å². The second-order valence-electron chi connectivity index (χ2n) is 4.38. The van der Waals surface area contributed by atoms with Gasteiger partial charge in [0.1, 0.15) is 11.6 Å². The van der Waals surface area contributed by atoms with Gasteiger partial charge >= 0.3 is 0 Å². The molecule has 2 rings (SSSR count). The summed E-state index contributed by atoms with van der Waals surface area (Å²) < 4.78 is 19.1. The van der Waals surface area contributed by atoms with E-state index in [1.807, 2.05) is 0 Å². The average Bonchev–Trinajstić information content (AvgIpc) is 2.47. The van der Waals surface area contributed by atoms with Gasteiger partial charge in [0, 0.05) is 22.8 Å². The van der Waals surface area contributed by atoms with Gasteiger partial charge in [-0.3, -0.25) is 4.79 Å². The second kappa shape index (κ2) is 6.58. The van der Waals surface area contributed by atoms with E-state index >= 15 is 0 Å². The van der Waals surface area contributed by atoms with Crippen molar-refractivity contribution in [1.82, 2.24) is 5.32 Å². The van der Waals surface area contributed by atoms with Crippen LogP contribution >= 0.6 is 15.9 Å². The Labute approximate surface area is 130 Å². The second-order valence-corrected chi connectivity index (χ2v) is 5.23. The van der Waals surface area contributed by atoms with Gasteiger partial charge in [-0.25, -0.2) is 4.39 Å². The van der Waals surface area contributed by atoms with Crippen LogP contribution < -0.4 is 15.8 Å². The lowest BCUT2D eigenvalue weighted by atomic mass is 10.1. The zero-order chi connectivity index (χ0) is 15.4. The van der Waals surface area contributed by atoms with Crippen LogP contribution in [0.2, 0.25) is 0 Å². The van der Waals surface area contributed by atoms with Crippen molar-refractivity contribution in [3.05, 3.63) is 57.8 Å². The molecule has 6 heteroatoms. The molecule has 0 saturated heterocycles. The number of nitrogens with two attached hydrogens (primary N) is 1. The number of rotatable bonds is 4. The molecule has 0 aliphatic heterocycles. The summed E-state index contributed by atoms with van der Waals surface area (Å²) in [4.78, 5) is 12.2. The van der Waals surface area contributed by atoms with Crippen LogP contribution in [0.25, 0.3) is 0 Å². The van der Waals surface area contributed by atoms with Gasteiger partial charge in [0.15, 0.2) is 0 Å². The smallest absolute Gasteiger partial charge is 0.255 e. The number of carbonyl (C=O) groups excluding carboxylic acids is 1. The minimum atomic E-state index is -0.354. The number of methoxy groups -OCH3 is 1. The summed E-state index contributed by atoms with van der Waals surface area (Å²) in [5.41, 5.74) is 7.18. The van der Waals surface area contributed by atoms with E-state index in [0.29, 0.717) is 22.6 Å². The molecule has 0 aliphatic carbocycles. The molecule has 110 valence electrons. The maximum atomic E-state index is 13.2. The Kier molecular flexibility index (Phi) is 4.80. The Hall–Kier alpha value is -2.08. The molecule has 2 aromatic rings. The van der Waals surface area contributed by atoms with E-state index in [2.05, 4.69) is 21.2 Å². The highest BCUT2D eigenvalue weighted by Gasteiger charge is 2.13. The Morgan fingerprint density at radius 3 is 2.81 bits per heavy atom. The van der Waals surface area contributed by atoms with E-state index in [0.717, 1.165) is 4.47 Å². The van der Waals surface area contributed by atoms with E-state index < -0.39 is 0 Å². The number of carbonyl (C=O) groups is 1. The first-order valence-corrected chi connectivity index (χ1v) is 6.96. The molecule has 0 fully saturated rings. The first-order valence-electron chi connectivity index (χ1n) is 6.17. The topological polar surface area (TPSA) is 64.3 Å². The zero-order valence-electron chi connectivity index (χ0n) is 11.3. The third-order valence-electron chi connectivity index (χ3n) is 2.92. The lowest BCUT2D eigenvalue weighted by Gasteiger charge is -2.11. The van der Waals surface area contributed by atoms with Gasteiger partial charge in [0.05, 0.1) is 12.7 Å². The van der Waals surface area contributed by atoms with Crippen molar-refractivity contribution < 1.29 is 13.9 Å². The predicted molar refractivity (Wildman–Crippen MR) is 82.7 cm³/mol. The van der Waals surface area contributed by atoms with Crippen molar-refractivity contribution in [3.8, 4) is 5.75 Å². The lowest BCUT2D eigenvalue weighted by Crippen LogP contribution is -2.23. The molecule has 3 N–H and O–H groups in total. The van der Waals surface area contributed by atoms with Crippen LogP contribution in [0.1, 0.15) is 15.9 Å². The minimum Gasteiger partial charge on any atom is -0.496 e. The molecular formula is C15H14BrFN2O2. The summed E-state index contributed by atoms with van der Waals surface area (Å²) in [7, 11) is 1.47. The van der Waals surface area contributed by atoms with E-state index in [1.54, 1.807) is 24.3 Å². The maximum absolute atomic E-state index is 13.2. The highest BCUT2D eigenvalue weighted by atomic mass is 79.9. The predicted octanol–water partition coefficient (Wildman–Crippen LogP) is 3.11. The molecule has 21 heavy (non-hydrogen) atoms. The molecule has 0 radical (unpaired) electrons. The van der Waals surface area contributed by atoms with Gasteiger partial charge in [0.25, 0.3) is 5.91 Å². The summed E-state index contributed by atoms with van der Waals surface area (Å²) in [6, 6.07) is 9.09. The van der Waals surface area contributed by atoms with Crippen LogP contribution in [0.5, 0.6) is 5.75 Å². The van der Waals surface area contributed by atoms with Gasteiger partial charge in [-0.15, -0.1) is 0 Å². The minimum absolute atomic E-state index is 0.199. The Bertz CT molecular complexity index is 677. The van der Waals surface area contributed by atoms with Crippen molar-refractivity contribution >= 4 is 27.5 Å². The van der Waals surface area contributed by atoms with Crippen LogP contribution in [-0.2, 0) is 6.54 Å². The van der Waals surface area contributed by atoms with Crippen molar-refractivity contribution in [2.75, 3.05) is 12.8 Å². The summed E-state index contributed by atoms with van der Waals surface area (Å²) in [6.45, 7) is 0.199. The third-order valence-corrected chi connectivity index (χ3v) is 3.69. The monoisotopic (exact) mass is 352 g/mol. The maximum Gasteiger partial charge on any atom is 0.255 e. The average molecular weight is 353 g/mol. The van der Waals surface area contributed by atoms with E-state index in [1.165, 1.54) is 19.2 Å². The van der Waals surface area contributed by atoms with Crippen LogP contribution in [0.4, 0.5) is 10.1 Å². The van der Waals surface area contributed by atoms with E-state index in [4.69, 9.17) is 10.5 Å². The van der Waals surface area contributed by atoms with Crippen molar-refractivity contribution in [3.63, 3.8) is 0 Å². The number of benzene rings is 2. The molecule has 4 nitrogen and oxygen atoms in total. The first-order chi connectivity index (χ1) is 10.0. The van der Waals surface area contributed by atoms with Crippen LogP contribution in [0.3, 0.4) is 0 Å². The van der Waals surface area contributed by atoms with Gasteiger partial charge in [-0.05, 0) is 35.9 Å². The normalized spacial score (nSPS) is 10.2. The van der Waals surface area contributed by atoms with Crippen molar-refractivity contribution in [1.29, 1.82) is 0 Å². The van der Waals surface area contributed by atoms with Gasteiger partial charge in [0.2, 0.25) is 0 Å². The van der Waals surface area contributed by atoms with Crippen molar-refractivity contribution in [2.24, 2.45) is 0 Å². The fourth-order valence-electron chi connectivity index (χ4n) is 1.84. The van der Waals surface area contributed by atoms with Crippen LogP contribution in [0.15, 0.2) is 40.9 Å². The number of nitrogen functional groups attached to an aromatic ring is 1. The number of ether oxygens (including phenoxy) is 1. The molecule has 2 aromatic carbocycles. The molecular weight excluding hydrogens is 339 g/mol. The SMILES string of the molecule is COc1cc(N)ccc1C(=O)NCc1cc(F)ccc1Br. The molecule has 0 bridgehead atoms. The molecule has 0 saturated carbocycles. The first kappa shape index (κ1) is 15.3. The standard InChI is InChI=1S/C15H14BrFN2O2/c1-21-14-7-11(18)3-4-12(14)15(20)19-8-9-6-10(17)2-5-13(9)16/h2-7H,8,18H2,1H3,(H,19,20). The number of anilines is 1. The molecule has 0 spiro atoms. The van der Waals surface area contributed by atoms with Gasteiger partial charge < -0.3 is 15.8 Å². The number of nitrogens with one attached hydrogen (secondary N) is 1. The number of hydrogen-bond acceptors (Lipinski definition) is 3. The Balaban J connectivity index is 2.13. The van der Waals surface area contributed by atoms with Crippen LogP contribution in [-0.4, -0.2) is 13.0 Å². The summed E-state index contributed by atoms with van der Waals surface area (Å²) in [5.74, 6) is -0.277. The molecule has 0 aliphatic rings. The zero-order valence-corrected chi connectivity index (χ0v) is 12.9. The number of hydrogen-bond donors (Lipinski definition) is 2. The highest BCUT2D eigenvalue weighted by Crippen LogP contribution is 2.22. The Morgan fingerprint density at radius 2 is 2.10 bits per heavy atom. The fraction of sp³-hybridized carbons (Fsp3) is 0.133. The quantitative estimate of drug-likeness (QED) is 0.831. The Morgan fingerprint density at radius 1 is 1.33 bits per heavy atom. The summed E-state index contributed by atoms with van der Waals surface area (Å²) in [6.07, 6.45) is 0. The third kappa shape index (κ3) is 3.72. The number of halogens is 2. The lowest BCUT2D eigenvalue weighted by molar-refractivity contribution is 0.0948. The molecule has 1 amide bonds. The summed E-state index contributed by atoms with van der Waals surface area (Å²) >= 11 is 3.32. The highest BCUT2D eigenvalue weighted by molar-refractivity contribution is 9.10. The fourth-order valence-corrected chi connectivity index (χ4v) is 2.23.